The van der Waals surface area contributed by atoms with Gasteiger partial charge in [0.05, 0.1) is 20.8 Å². The van der Waals surface area contributed by atoms with Crippen molar-refractivity contribution < 1.29 is 32.7 Å². The first-order chi connectivity index (χ1) is 16.7. The fourth-order valence-corrected chi connectivity index (χ4v) is 5.42. The molecule has 0 radical (unpaired) electrons. The van der Waals surface area contributed by atoms with Crippen LogP contribution in [0.4, 0.5) is 9.18 Å². The van der Waals surface area contributed by atoms with Crippen LogP contribution in [0.15, 0.2) is 58.6 Å². The summed E-state index contributed by atoms with van der Waals surface area (Å²) in [5, 5.41) is 2.56. The highest BCUT2D eigenvalue weighted by atomic mass is 127. The van der Waals surface area contributed by atoms with Gasteiger partial charge in [0.25, 0.3) is 5.91 Å². The summed E-state index contributed by atoms with van der Waals surface area (Å²) in [7, 11) is 1.23. The van der Waals surface area contributed by atoms with Gasteiger partial charge in [0, 0.05) is 0 Å². The van der Waals surface area contributed by atoms with Gasteiger partial charge in [0.15, 0.2) is 0 Å². The van der Waals surface area contributed by atoms with Crippen molar-refractivity contribution in [2.75, 3.05) is 7.11 Å². The Balaban J connectivity index is 1.48. The first-order valence-electron chi connectivity index (χ1n) is 10.1. The van der Waals surface area contributed by atoms with Crippen molar-refractivity contribution in [2.45, 2.75) is 13.2 Å². The van der Waals surface area contributed by atoms with E-state index in [1.807, 2.05) is 12.1 Å². The van der Waals surface area contributed by atoms with Gasteiger partial charge >= 0.3 is 12.0 Å². The normalized spacial score (nSPS) is 14.4. The van der Waals surface area contributed by atoms with E-state index in [4.69, 9.17) is 9.15 Å². The van der Waals surface area contributed by atoms with Gasteiger partial charge in [0.1, 0.15) is 29.6 Å². The summed E-state index contributed by atoms with van der Waals surface area (Å²) in [5.41, 5.74) is 1.50. The number of carbonyl (C=O) groups excluding carboxylic acids is 3. The van der Waals surface area contributed by atoms with Gasteiger partial charge in [-0.05, 0) is 98.8 Å². The fraction of sp³-hybridized carbons (Fsp3) is 0.125. The Bertz CT molecular complexity index is 1330. The van der Waals surface area contributed by atoms with Crippen molar-refractivity contribution in [1.82, 2.24) is 10.2 Å². The van der Waals surface area contributed by atoms with Crippen molar-refractivity contribution in [3.05, 3.63) is 89.8 Å². The molecule has 2 aromatic carbocycles. The number of methoxy groups -OCH3 is 1. The first kappa shape index (κ1) is 25.2. The molecular formula is C24H17FI2N2O6. The molecule has 2 heterocycles. The van der Waals surface area contributed by atoms with Crippen molar-refractivity contribution in [1.29, 1.82) is 0 Å². The second-order valence-electron chi connectivity index (χ2n) is 7.37. The lowest BCUT2D eigenvalue weighted by Gasteiger charge is -2.12. The van der Waals surface area contributed by atoms with E-state index in [2.05, 4.69) is 55.2 Å². The summed E-state index contributed by atoms with van der Waals surface area (Å²) in [6.07, 6.45) is 1.57. The molecule has 8 nitrogen and oxygen atoms in total. The molecule has 0 bridgehead atoms. The van der Waals surface area contributed by atoms with E-state index in [9.17, 15) is 18.8 Å². The van der Waals surface area contributed by atoms with E-state index < -0.39 is 17.9 Å². The number of furan rings is 1. The molecule has 11 heteroatoms. The van der Waals surface area contributed by atoms with Gasteiger partial charge in [-0.1, -0.05) is 12.1 Å². The van der Waals surface area contributed by atoms with E-state index in [1.165, 1.54) is 31.4 Å². The van der Waals surface area contributed by atoms with Crippen molar-refractivity contribution in [3.63, 3.8) is 0 Å². The van der Waals surface area contributed by atoms with E-state index in [0.29, 0.717) is 16.9 Å². The predicted octanol–water partition coefficient (Wildman–Crippen LogP) is 5.09. The molecule has 0 spiro atoms. The number of halogens is 3. The first-order valence-corrected chi connectivity index (χ1v) is 12.3. The predicted molar refractivity (Wildman–Crippen MR) is 140 cm³/mol. The van der Waals surface area contributed by atoms with E-state index in [1.54, 1.807) is 18.2 Å². The molecule has 3 aromatic rings. The van der Waals surface area contributed by atoms with Crippen LogP contribution in [0.5, 0.6) is 5.75 Å². The summed E-state index contributed by atoms with van der Waals surface area (Å²) in [6.45, 7) is 0.0686. The highest BCUT2D eigenvalue weighted by Gasteiger charge is 2.34. The van der Waals surface area contributed by atoms with E-state index >= 15 is 0 Å². The van der Waals surface area contributed by atoms with E-state index in [0.717, 1.165) is 12.0 Å². The molecule has 1 fully saturated rings. The van der Waals surface area contributed by atoms with Crippen molar-refractivity contribution >= 4 is 69.2 Å². The largest absolute Gasteiger partial charge is 0.487 e. The zero-order chi connectivity index (χ0) is 25.1. The second kappa shape index (κ2) is 10.8. The highest BCUT2D eigenvalue weighted by molar-refractivity contribution is 14.1. The number of amides is 3. The molecule has 1 saturated heterocycles. The number of imide groups is 1. The second-order valence-corrected chi connectivity index (χ2v) is 9.69. The molecule has 4 rings (SSSR count). The minimum Gasteiger partial charge on any atom is -0.487 e. The Labute approximate surface area is 226 Å². The molecule has 35 heavy (non-hydrogen) atoms. The molecule has 0 aliphatic carbocycles. The fourth-order valence-electron chi connectivity index (χ4n) is 3.29. The third-order valence-corrected chi connectivity index (χ3v) is 6.53. The number of hydrogen-bond acceptors (Lipinski definition) is 6. The molecule has 3 amide bonds. The average Bonchev–Trinajstić information content (AvgIpc) is 3.38. The van der Waals surface area contributed by atoms with Gasteiger partial charge in [-0.15, -0.1) is 0 Å². The molecule has 1 aliphatic heterocycles. The van der Waals surface area contributed by atoms with Crippen molar-refractivity contribution in [3.8, 4) is 5.75 Å². The lowest BCUT2D eigenvalue weighted by molar-refractivity contribution is -0.123. The molecule has 0 saturated carbocycles. The Morgan fingerprint density at radius 2 is 1.89 bits per heavy atom. The summed E-state index contributed by atoms with van der Waals surface area (Å²) in [4.78, 5) is 37.7. The van der Waals surface area contributed by atoms with Crippen LogP contribution in [0.3, 0.4) is 0 Å². The van der Waals surface area contributed by atoms with Gasteiger partial charge in [-0.3, -0.25) is 9.69 Å². The number of ether oxygens (including phenoxy) is 2. The lowest BCUT2D eigenvalue weighted by Crippen LogP contribution is -2.30. The standard InChI is InChI=1S/C24H17FI2N2O6/c1-33-23(31)20-6-5-16(35-20)11-29-22(30)19(28-24(29)32)10-14-8-17(26)21(18(27)9-14)34-12-13-3-2-4-15(25)7-13/h2-10H,11-12H2,1H3,(H,28,32)/b19-10-. The number of nitrogens with zero attached hydrogens (tertiary/aromatic N) is 1. The smallest absolute Gasteiger partial charge is 0.373 e. The monoisotopic (exact) mass is 702 g/mol. The number of carbonyl (C=O) groups is 3. The van der Waals surface area contributed by atoms with Gasteiger partial charge < -0.3 is 19.2 Å². The Morgan fingerprint density at radius 1 is 1.14 bits per heavy atom. The van der Waals surface area contributed by atoms with Crippen LogP contribution < -0.4 is 10.1 Å². The molecule has 180 valence electrons. The Hall–Kier alpha value is -2.94. The van der Waals surface area contributed by atoms with Crippen LogP contribution in [0.2, 0.25) is 0 Å². The van der Waals surface area contributed by atoms with Crippen LogP contribution in [0, 0.1) is 13.0 Å². The topological polar surface area (TPSA) is 98.1 Å². The minimum atomic E-state index is -0.651. The van der Waals surface area contributed by atoms with Crippen LogP contribution >= 0.6 is 45.2 Å². The molecule has 1 aromatic heterocycles. The highest BCUT2D eigenvalue weighted by Crippen LogP contribution is 2.31. The summed E-state index contributed by atoms with van der Waals surface area (Å²) in [5.74, 6) is -0.622. The summed E-state index contributed by atoms with van der Waals surface area (Å²) in [6, 6.07) is 12.1. The van der Waals surface area contributed by atoms with Gasteiger partial charge in [-0.2, -0.15) is 0 Å². The average molecular weight is 702 g/mol. The maximum Gasteiger partial charge on any atom is 0.373 e. The molecular weight excluding hydrogens is 685 g/mol. The SMILES string of the molecule is COC(=O)c1ccc(CN2C(=O)N/C(=C\c3cc(I)c(OCc4cccc(F)c4)c(I)c3)C2=O)o1. The third-order valence-electron chi connectivity index (χ3n) is 4.93. The van der Waals surface area contributed by atoms with Gasteiger partial charge in [-0.25, -0.2) is 14.0 Å². The maximum absolute atomic E-state index is 13.4. The summed E-state index contributed by atoms with van der Waals surface area (Å²) < 4.78 is 30.8. The number of urea groups is 1. The number of benzene rings is 2. The molecule has 0 atom stereocenters. The van der Waals surface area contributed by atoms with Crippen LogP contribution in [-0.4, -0.2) is 29.9 Å². The van der Waals surface area contributed by atoms with Crippen molar-refractivity contribution in [2.24, 2.45) is 0 Å². The zero-order valence-corrected chi connectivity index (χ0v) is 22.5. The molecule has 1 aliphatic rings. The quantitative estimate of drug-likeness (QED) is 0.160. The number of rotatable bonds is 7. The van der Waals surface area contributed by atoms with Gasteiger partial charge in [0.2, 0.25) is 5.76 Å². The molecule has 1 N–H and O–H groups in total. The number of esters is 1. The molecule has 0 unspecified atom stereocenters. The third kappa shape index (κ3) is 5.83. The number of hydrogen-bond donors (Lipinski definition) is 1. The Morgan fingerprint density at radius 3 is 2.57 bits per heavy atom. The lowest BCUT2D eigenvalue weighted by atomic mass is 10.2. The van der Waals surface area contributed by atoms with Crippen LogP contribution in [-0.2, 0) is 22.7 Å². The van der Waals surface area contributed by atoms with Crippen LogP contribution in [0.1, 0.15) is 27.4 Å². The minimum absolute atomic E-state index is 0.0193. The Kier molecular flexibility index (Phi) is 7.74. The summed E-state index contributed by atoms with van der Waals surface area (Å²) >= 11 is 4.24. The van der Waals surface area contributed by atoms with E-state index in [-0.39, 0.29) is 36.2 Å². The van der Waals surface area contributed by atoms with Crippen LogP contribution in [0.25, 0.3) is 6.08 Å². The maximum atomic E-state index is 13.4. The zero-order valence-electron chi connectivity index (χ0n) is 18.1. The number of nitrogens with one attached hydrogen (secondary N) is 1.